The zero-order valence-electron chi connectivity index (χ0n) is 12.1. The van der Waals surface area contributed by atoms with Crippen molar-refractivity contribution in [3.63, 3.8) is 0 Å². The molecule has 1 aromatic heterocycles. The van der Waals surface area contributed by atoms with Crippen LogP contribution in [0.1, 0.15) is 40.2 Å². The molecule has 2 aromatic rings. The second-order valence-electron chi connectivity index (χ2n) is 4.85. The van der Waals surface area contributed by atoms with Gasteiger partial charge in [-0.15, -0.1) is 11.3 Å². The van der Waals surface area contributed by atoms with Crippen LogP contribution in [-0.4, -0.2) is 22.0 Å². The minimum atomic E-state index is -1.14. The van der Waals surface area contributed by atoms with Crippen molar-refractivity contribution in [2.24, 2.45) is 0 Å². The molecule has 2 rings (SSSR count). The van der Waals surface area contributed by atoms with E-state index >= 15 is 0 Å². The van der Waals surface area contributed by atoms with Crippen LogP contribution in [0.25, 0.3) is 0 Å². The first kappa shape index (κ1) is 16.5. The molecule has 1 heterocycles. The van der Waals surface area contributed by atoms with Crippen LogP contribution in [0.5, 0.6) is 0 Å². The quantitative estimate of drug-likeness (QED) is 0.888. The second-order valence-corrected chi connectivity index (χ2v) is 5.97. The summed E-state index contributed by atoms with van der Waals surface area (Å²) in [4.78, 5) is 16.6. The van der Waals surface area contributed by atoms with Gasteiger partial charge in [0.2, 0.25) is 0 Å². The predicted molar refractivity (Wildman–Crippen MR) is 79.7 cm³/mol. The van der Waals surface area contributed by atoms with E-state index in [1.165, 1.54) is 23.6 Å². The maximum Gasteiger partial charge on any atom is 0.263 e. The Kier molecular flexibility index (Phi) is 5.20. The molecule has 0 aliphatic heterocycles. The minimum Gasteiger partial charge on any atom is -0.386 e. The van der Waals surface area contributed by atoms with E-state index in [2.05, 4.69) is 10.3 Å². The van der Waals surface area contributed by atoms with E-state index in [1.54, 1.807) is 6.92 Å². The second kappa shape index (κ2) is 6.93. The molecule has 0 radical (unpaired) electrons. The Hall–Kier alpha value is -1.86. The van der Waals surface area contributed by atoms with Crippen LogP contribution in [0.4, 0.5) is 8.78 Å². The molecule has 0 spiro atoms. The Morgan fingerprint density at radius 2 is 2.14 bits per heavy atom. The molecular weight excluding hydrogens is 310 g/mol. The van der Waals surface area contributed by atoms with E-state index in [0.29, 0.717) is 4.88 Å². The van der Waals surface area contributed by atoms with Crippen LogP contribution < -0.4 is 5.32 Å². The van der Waals surface area contributed by atoms with Crippen molar-refractivity contribution in [2.45, 2.75) is 32.4 Å². The molecule has 0 aliphatic carbocycles. The first-order chi connectivity index (χ1) is 10.4. The van der Waals surface area contributed by atoms with Crippen molar-refractivity contribution in [1.29, 1.82) is 0 Å². The maximum absolute atomic E-state index is 13.2. The van der Waals surface area contributed by atoms with E-state index in [-0.39, 0.29) is 11.5 Å². The summed E-state index contributed by atoms with van der Waals surface area (Å²) in [5, 5.41) is 13.6. The Balaban J connectivity index is 2.05. The third-order valence-electron chi connectivity index (χ3n) is 3.20. The Labute approximate surface area is 130 Å². The highest BCUT2D eigenvalue weighted by Crippen LogP contribution is 2.20. The highest BCUT2D eigenvalue weighted by molar-refractivity contribution is 7.13. The van der Waals surface area contributed by atoms with Crippen LogP contribution in [0.3, 0.4) is 0 Å². The van der Waals surface area contributed by atoms with Gasteiger partial charge in [-0.1, -0.05) is 13.0 Å². The van der Waals surface area contributed by atoms with Crippen LogP contribution in [0.15, 0.2) is 24.4 Å². The largest absolute Gasteiger partial charge is 0.386 e. The summed E-state index contributed by atoms with van der Waals surface area (Å²) in [6.45, 7) is 3.53. The van der Waals surface area contributed by atoms with Crippen molar-refractivity contribution in [3.05, 3.63) is 51.5 Å². The molecule has 2 atom stereocenters. The molecule has 4 nitrogen and oxygen atoms in total. The number of nitrogens with zero attached hydrogens (tertiary/aromatic N) is 1. The number of rotatable bonds is 5. The number of thiazole rings is 1. The zero-order chi connectivity index (χ0) is 16.3. The number of aryl methyl sites for hydroxylation is 1. The van der Waals surface area contributed by atoms with Gasteiger partial charge in [0.25, 0.3) is 5.91 Å². The van der Waals surface area contributed by atoms with Gasteiger partial charge in [0, 0.05) is 0 Å². The molecular formula is C15H16F2N2O2S. The first-order valence-electron chi connectivity index (χ1n) is 6.81. The molecule has 7 heteroatoms. The van der Waals surface area contributed by atoms with E-state index in [0.717, 1.165) is 23.6 Å². The smallest absolute Gasteiger partial charge is 0.263 e. The highest BCUT2D eigenvalue weighted by Gasteiger charge is 2.21. The summed E-state index contributed by atoms with van der Waals surface area (Å²) in [5.41, 5.74) is 0.199. The minimum absolute atomic E-state index is 0.199. The van der Waals surface area contributed by atoms with Gasteiger partial charge in [-0.05, 0) is 31.0 Å². The third kappa shape index (κ3) is 3.66. The number of hydrogen-bond donors (Lipinski definition) is 2. The van der Waals surface area contributed by atoms with Gasteiger partial charge in [-0.3, -0.25) is 4.79 Å². The summed E-state index contributed by atoms with van der Waals surface area (Å²) in [6, 6.07) is 2.49. The standard InChI is InChI=1S/C15H16F2N2O2S/c1-3-13-18-7-12(22-13)15(21)19-8(2)14(20)9-4-5-10(16)11(17)6-9/h4-8,14,20H,3H2,1-2H3,(H,19,21). The molecule has 22 heavy (non-hydrogen) atoms. The van der Waals surface area contributed by atoms with Gasteiger partial charge in [0.05, 0.1) is 23.4 Å². The van der Waals surface area contributed by atoms with Crippen LogP contribution >= 0.6 is 11.3 Å². The summed E-state index contributed by atoms with van der Waals surface area (Å²) >= 11 is 1.28. The molecule has 0 bridgehead atoms. The van der Waals surface area contributed by atoms with Crippen molar-refractivity contribution in [1.82, 2.24) is 10.3 Å². The van der Waals surface area contributed by atoms with E-state index in [9.17, 15) is 18.7 Å². The third-order valence-corrected chi connectivity index (χ3v) is 4.34. The van der Waals surface area contributed by atoms with Gasteiger partial charge >= 0.3 is 0 Å². The SMILES string of the molecule is CCc1ncc(C(=O)NC(C)C(O)c2ccc(F)c(F)c2)s1. The Morgan fingerprint density at radius 3 is 2.73 bits per heavy atom. The fourth-order valence-electron chi connectivity index (χ4n) is 1.92. The summed E-state index contributed by atoms with van der Waals surface area (Å²) in [7, 11) is 0. The van der Waals surface area contributed by atoms with Crippen molar-refractivity contribution in [3.8, 4) is 0 Å². The summed E-state index contributed by atoms with van der Waals surface area (Å²) in [5.74, 6) is -2.37. The molecule has 1 aromatic carbocycles. The maximum atomic E-state index is 13.2. The first-order valence-corrected chi connectivity index (χ1v) is 7.62. The summed E-state index contributed by atoms with van der Waals surface area (Å²) < 4.78 is 26.1. The Bertz CT molecular complexity index is 675. The monoisotopic (exact) mass is 326 g/mol. The Morgan fingerprint density at radius 1 is 1.41 bits per heavy atom. The number of benzene rings is 1. The fraction of sp³-hybridized carbons (Fsp3) is 0.333. The zero-order valence-corrected chi connectivity index (χ0v) is 13.0. The van der Waals surface area contributed by atoms with Crippen molar-refractivity contribution >= 4 is 17.2 Å². The number of aliphatic hydroxyl groups excluding tert-OH is 1. The van der Waals surface area contributed by atoms with E-state index in [4.69, 9.17) is 0 Å². The highest BCUT2D eigenvalue weighted by atomic mass is 32.1. The topological polar surface area (TPSA) is 62.2 Å². The number of halogens is 2. The number of carbonyl (C=O) groups is 1. The van der Waals surface area contributed by atoms with E-state index < -0.39 is 23.8 Å². The molecule has 0 fully saturated rings. The van der Waals surface area contributed by atoms with Crippen LogP contribution in [0, 0.1) is 11.6 Å². The average molecular weight is 326 g/mol. The number of amides is 1. The number of carbonyl (C=O) groups excluding carboxylic acids is 1. The number of aliphatic hydroxyl groups is 1. The van der Waals surface area contributed by atoms with Gasteiger partial charge < -0.3 is 10.4 Å². The summed E-state index contributed by atoms with van der Waals surface area (Å²) in [6.07, 6.45) is 1.08. The van der Waals surface area contributed by atoms with Crippen molar-refractivity contribution < 1.29 is 18.7 Å². The predicted octanol–water partition coefficient (Wildman–Crippen LogP) is 2.84. The molecule has 2 unspecified atom stereocenters. The molecule has 1 amide bonds. The normalized spacial score (nSPS) is 13.7. The lowest BCUT2D eigenvalue weighted by molar-refractivity contribution is 0.0855. The molecule has 0 saturated carbocycles. The van der Waals surface area contributed by atoms with Gasteiger partial charge in [-0.2, -0.15) is 0 Å². The van der Waals surface area contributed by atoms with E-state index in [1.807, 2.05) is 6.92 Å². The lowest BCUT2D eigenvalue weighted by Gasteiger charge is -2.20. The van der Waals surface area contributed by atoms with Gasteiger partial charge in [0.1, 0.15) is 4.88 Å². The lowest BCUT2D eigenvalue weighted by Crippen LogP contribution is -2.36. The molecule has 118 valence electrons. The fourth-order valence-corrected chi connectivity index (χ4v) is 2.68. The lowest BCUT2D eigenvalue weighted by atomic mass is 10.0. The average Bonchev–Trinajstić information content (AvgIpc) is 2.98. The van der Waals surface area contributed by atoms with Gasteiger partial charge in [-0.25, -0.2) is 13.8 Å². The molecule has 0 saturated heterocycles. The van der Waals surface area contributed by atoms with Crippen molar-refractivity contribution in [2.75, 3.05) is 0 Å². The van der Waals surface area contributed by atoms with Gasteiger partial charge in [0.15, 0.2) is 11.6 Å². The van der Waals surface area contributed by atoms with Crippen LogP contribution in [-0.2, 0) is 6.42 Å². The number of nitrogens with one attached hydrogen (secondary N) is 1. The number of hydrogen-bond acceptors (Lipinski definition) is 4. The molecule has 0 aliphatic rings. The van der Waals surface area contributed by atoms with Crippen LogP contribution in [0.2, 0.25) is 0 Å². The molecule has 2 N–H and O–H groups in total. The number of aromatic nitrogens is 1.